The number of benzene rings is 1. The zero-order valence-corrected chi connectivity index (χ0v) is 17.3. The molecule has 11 nitrogen and oxygen atoms in total. The predicted octanol–water partition coefficient (Wildman–Crippen LogP) is 3.35. The van der Waals surface area contributed by atoms with Crippen LogP contribution in [0.15, 0.2) is 18.2 Å². The van der Waals surface area contributed by atoms with Gasteiger partial charge >= 0.3 is 17.8 Å². The van der Waals surface area contributed by atoms with Crippen molar-refractivity contribution >= 4 is 41.0 Å². The molecule has 160 valence electrons. The van der Waals surface area contributed by atoms with Gasteiger partial charge < -0.3 is 24.9 Å². The second kappa shape index (κ2) is 9.35. The lowest BCUT2D eigenvalue weighted by Crippen LogP contribution is -2.17. The number of H-pyrrole nitrogens is 1. The molecule has 0 bridgehead atoms. The van der Waals surface area contributed by atoms with Gasteiger partial charge in [0.25, 0.3) is 5.91 Å². The van der Waals surface area contributed by atoms with Crippen LogP contribution in [0.2, 0.25) is 5.02 Å². The Hall–Kier alpha value is -3.47. The number of ether oxygens (including phenoxy) is 2. The summed E-state index contributed by atoms with van der Waals surface area (Å²) in [6, 6.07) is 3.84. The molecule has 1 amide bonds. The minimum Gasteiger partial charge on any atom is -0.459 e. The molecule has 0 aliphatic heterocycles. The number of nitro groups is 1. The van der Waals surface area contributed by atoms with Crippen LogP contribution in [0.4, 0.5) is 11.5 Å². The lowest BCUT2D eigenvalue weighted by Gasteiger charge is -2.13. The summed E-state index contributed by atoms with van der Waals surface area (Å²) < 4.78 is 10.3. The smallest absolute Gasteiger partial charge is 0.362 e. The molecule has 2 N–H and O–H groups in total. The summed E-state index contributed by atoms with van der Waals surface area (Å²) in [6.45, 7) is 6.63. The first kappa shape index (κ1) is 22.8. The summed E-state index contributed by atoms with van der Waals surface area (Å²) in [4.78, 5) is 47.1. The van der Waals surface area contributed by atoms with Crippen LogP contribution in [0.1, 0.15) is 58.9 Å². The highest BCUT2D eigenvalue weighted by molar-refractivity contribution is 6.35. The van der Waals surface area contributed by atoms with Crippen molar-refractivity contribution < 1.29 is 28.8 Å². The second-order valence-electron chi connectivity index (χ2n) is 6.65. The van der Waals surface area contributed by atoms with Crippen LogP contribution in [-0.2, 0) is 9.47 Å². The Morgan fingerprint density at radius 2 is 1.57 bits per heavy atom. The van der Waals surface area contributed by atoms with Crippen molar-refractivity contribution in [2.24, 2.45) is 0 Å². The number of aromatic amines is 1. The van der Waals surface area contributed by atoms with E-state index in [9.17, 15) is 24.5 Å². The topological polar surface area (TPSA) is 154 Å². The van der Waals surface area contributed by atoms with Crippen molar-refractivity contribution in [3.8, 4) is 0 Å². The molecule has 30 heavy (non-hydrogen) atoms. The number of nitrogens with zero attached hydrogens (tertiary/aromatic N) is 2. The Kier molecular flexibility index (Phi) is 7.11. The Labute approximate surface area is 175 Å². The molecule has 0 unspecified atom stereocenters. The molecular weight excluding hydrogens is 420 g/mol. The maximum absolute atomic E-state index is 12.5. The van der Waals surface area contributed by atoms with E-state index >= 15 is 0 Å². The average molecular weight is 439 g/mol. The Morgan fingerprint density at radius 3 is 1.97 bits per heavy atom. The van der Waals surface area contributed by atoms with Crippen LogP contribution in [0.25, 0.3) is 0 Å². The number of aromatic nitrogens is 2. The number of carbonyl (C=O) groups is 3. The van der Waals surface area contributed by atoms with Gasteiger partial charge in [-0.15, -0.1) is 5.10 Å². The van der Waals surface area contributed by atoms with Gasteiger partial charge in [-0.1, -0.05) is 16.7 Å². The molecule has 2 aromatic rings. The molecule has 12 heteroatoms. The van der Waals surface area contributed by atoms with E-state index in [2.05, 4.69) is 15.5 Å². The fraction of sp³-hybridized carbons (Fsp3) is 0.333. The number of nitrogens with one attached hydrogen (secondary N) is 2. The third kappa shape index (κ3) is 5.54. The number of amides is 1. The zero-order valence-electron chi connectivity index (χ0n) is 16.5. The fourth-order valence-corrected chi connectivity index (χ4v) is 2.52. The number of rotatable bonds is 7. The van der Waals surface area contributed by atoms with Crippen LogP contribution in [-0.4, -0.2) is 45.2 Å². The Bertz CT molecular complexity index is 960. The molecule has 1 heterocycles. The van der Waals surface area contributed by atoms with E-state index in [1.807, 2.05) is 0 Å². The van der Waals surface area contributed by atoms with Crippen LogP contribution in [0.3, 0.4) is 0 Å². The van der Waals surface area contributed by atoms with Crippen molar-refractivity contribution in [2.75, 3.05) is 5.32 Å². The van der Waals surface area contributed by atoms with E-state index in [0.717, 1.165) is 0 Å². The van der Waals surface area contributed by atoms with Gasteiger partial charge in [-0.2, -0.15) is 0 Å². The third-order valence-corrected chi connectivity index (χ3v) is 3.79. The SMILES string of the molecule is CC(C)OC(=O)c1cc(NC(=O)c2n[nH]c([N+](=O)[O-])c2Cl)cc(C(=O)OC(C)C)c1. The number of esters is 2. The third-order valence-electron chi connectivity index (χ3n) is 3.43. The molecule has 2 rings (SSSR count). The first-order valence-electron chi connectivity index (χ1n) is 8.76. The Balaban J connectivity index is 2.40. The number of anilines is 1. The quantitative estimate of drug-likeness (QED) is 0.379. The maximum atomic E-state index is 12.5. The van der Waals surface area contributed by atoms with Crippen LogP contribution in [0, 0.1) is 10.1 Å². The van der Waals surface area contributed by atoms with Gasteiger partial charge in [0.2, 0.25) is 0 Å². The van der Waals surface area contributed by atoms with E-state index in [-0.39, 0.29) is 16.8 Å². The van der Waals surface area contributed by atoms with Gasteiger partial charge in [0, 0.05) is 5.69 Å². The lowest BCUT2D eigenvalue weighted by molar-refractivity contribution is -0.389. The predicted molar refractivity (Wildman–Crippen MR) is 106 cm³/mol. The van der Waals surface area contributed by atoms with Gasteiger partial charge in [-0.05, 0) is 50.8 Å². The van der Waals surface area contributed by atoms with Gasteiger partial charge in [-0.25, -0.2) is 9.59 Å². The second-order valence-corrected chi connectivity index (χ2v) is 7.03. The summed E-state index contributed by atoms with van der Waals surface area (Å²) >= 11 is 5.81. The average Bonchev–Trinajstić information content (AvgIpc) is 3.02. The maximum Gasteiger partial charge on any atom is 0.362 e. The monoisotopic (exact) mass is 438 g/mol. The molecular formula is C18H19ClN4O7. The van der Waals surface area contributed by atoms with Crippen LogP contribution < -0.4 is 5.32 Å². The van der Waals surface area contributed by atoms with Gasteiger partial charge in [-0.3, -0.25) is 4.79 Å². The van der Waals surface area contributed by atoms with Crippen molar-refractivity contribution in [1.29, 1.82) is 0 Å². The summed E-state index contributed by atoms with van der Waals surface area (Å²) in [6.07, 6.45) is -0.824. The van der Waals surface area contributed by atoms with E-state index in [0.29, 0.717) is 0 Å². The standard InChI is InChI=1S/C18H19ClN4O7/c1-8(2)29-17(25)10-5-11(18(26)30-9(3)4)7-12(6-10)20-16(24)14-13(19)15(22-21-14)23(27)28/h5-9H,1-4H3,(H,20,24)(H,21,22). The van der Waals surface area contributed by atoms with Crippen molar-refractivity contribution in [2.45, 2.75) is 39.9 Å². The molecule has 0 aliphatic carbocycles. The first-order valence-corrected chi connectivity index (χ1v) is 9.14. The molecule has 0 saturated carbocycles. The molecule has 0 radical (unpaired) electrons. The number of halogens is 1. The van der Waals surface area contributed by atoms with Gasteiger partial charge in [0.15, 0.2) is 10.7 Å². The largest absolute Gasteiger partial charge is 0.459 e. The summed E-state index contributed by atoms with van der Waals surface area (Å²) in [5.41, 5.74) is -0.395. The van der Waals surface area contributed by atoms with Gasteiger partial charge in [0.1, 0.15) is 0 Å². The first-order chi connectivity index (χ1) is 14.0. The van der Waals surface area contributed by atoms with Gasteiger partial charge in [0.05, 0.1) is 23.3 Å². The molecule has 0 fully saturated rings. The number of hydrogen-bond acceptors (Lipinski definition) is 8. The number of carbonyl (C=O) groups excluding carboxylic acids is 3. The summed E-state index contributed by atoms with van der Waals surface area (Å²) in [7, 11) is 0. The highest BCUT2D eigenvalue weighted by atomic mass is 35.5. The number of hydrogen-bond donors (Lipinski definition) is 2. The highest BCUT2D eigenvalue weighted by Crippen LogP contribution is 2.26. The van der Waals surface area contributed by atoms with Crippen LogP contribution >= 0.6 is 11.6 Å². The van der Waals surface area contributed by atoms with E-state index in [1.54, 1.807) is 27.7 Å². The van der Waals surface area contributed by atoms with E-state index in [4.69, 9.17) is 21.1 Å². The molecule has 1 aromatic carbocycles. The zero-order chi connectivity index (χ0) is 22.6. The van der Waals surface area contributed by atoms with Crippen molar-refractivity contribution in [3.05, 3.63) is 50.2 Å². The lowest BCUT2D eigenvalue weighted by atomic mass is 10.1. The highest BCUT2D eigenvalue weighted by Gasteiger charge is 2.26. The normalized spacial score (nSPS) is 10.8. The van der Waals surface area contributed by atoms with E-state index < -0.39 is 51.5 Å². The molecule has 0 spiro atoms. The fourth-order valence-electron chi connectivity index (χ4n) is 2.28. The Morgan fingerprint density at radius 1 is 1.07 bits per heavy atom. The molecule has 0 atom stereocenters. The minimum absolute atomic E-state index is 0.00342. The van der Waals surface area contributed by atoms with Crippen molar-refractivity contribution in [3.63, 3.8) is 0 Å². The van der Waals surface area contributed by atoms with Crippen LogP contribution in [0.5, 0.6) is 0 Å². The molecule has 0 aliphatic rings. The molecule has 0 saturated heterocycles. The summed E-state index contributed by atoms with van der Waals surface area (Å²) in [5, 5.41) is 18.4. The summed E-state index contributed by atoms with van der Waals surface area (Å²) in [5.74, 6) is -2.96. The molecule has 1 aromatic heterocycles. The minimum atomic E-state index is -0.887. The van der Waals surface area contributed by atoms with E-state index in [1.165, 1.54) is 18.2 Å². The van der Waals surface area contributed by atoms with Crippen molar-refractivity contribution in [1.82, 2.24) is 10.2 Å².